The molecule has 4 rings (SSSR count). The van der Waals surface area contributed by atoms with Crippen molar-refractivity contribution < 1.29 is 9.59 Å². The van der Waals surface area contributed by atoms with Gasteiger partial charge in [-0.2, -0.15) is 0 Å². The van der Waals surface area contributed by atoms with E-state index in [4.69, 9.17) is 0 Å². The summed E-state index contributed by atoms with van der Waals surface area (Å²) in [5, 5.41) is 3.05. The molecule has 2 aromatic rings. The van der Waals surface area contributed by atoms with E-state index in [-0.39, 0.29) is 17.7 Å². The molecule has 1 aliphatic carbocycles. The Bertz CT molecular complexity index is 842. The Kier molecular flexibility index (Phi) is 4.49. The highest BCUT2D eigenvalue weighted by atomic mass is 16.2. The van der Waals surface area contributed by atoms with Crippen LogP contribution in [-0.4, -0.2) is 23.3 Å². The highest BCUT2D eigenvalue weighted by Crippen LogP contribution is 2.37. The lowest BCUT2D eigenvalue weighted by atomic mass is 9.91. The molecular weight excluding hydrogens is 324 g/mol. The van der Waals surface area contributed by atoms with Gasteiger partial charge >= 0.3 is 0 Å². The molecule has 0 radical (unpaired) electrons. The zero-order chi connectivity index (χ0) is 18.1. The molecule has 1 aliphatic heterocycles. The summed E-state index contributed by atoms with van der Waals surface area (Å²) in [5.74, 6) is 0.162. The van der Waals surface area contributed by atoms with Gasteiger partial charge in [0.05, 0.1) is 0 Å². The number of nitrogens with zero attached hydrogens (tertiary/aromatic N) is 1. The van der Waals surface area contributed by atoms with Crippen molar-refractivity contribution in [2.75, 3.05) is 6.54 Å². The van der Waals surface area contributed by atoms with E-state index < -0.39 is 6.04 Å². The van der Waals surface area contributed by atoms with Crippen LogP contribution in [0.3, 0.4) is 0 Å². The molecule has 2 amide bonds. The fraction of sp³-hybridized carbons (Fsp3) is 0.364. The number of hydrogen-bond acceptors (Lipinski definition) is 2. The third-order valence-corrected chi connectivity index (χ3v) is 5.29. The second-order valence-electron chi connectivity index (χ2n) is 7.36. The normalized spacial score (nSPS) is 19.0. The number of aryl methyl sites for hydroxylation is 1. The maximum absolute atomic E-state index is 13.1. The molecule has 2 aliphatic rings. The number of carbonyl (C=O) groups is 2. The maximum Gasteiger partial charge on any atom is 0.247 e. The number of benzene rings is 2. The van der Waals surface area contributed by atoms with Gasteiger partial charge in [0.2, 0.25) is 11.8 Å². The molecule has 1 atom stereocenters. The molecular formula is C22H24N2O2. The number of carbonyl (C=O) groups excluding carboxylic acids is 2. The topological polar surface area (TPSA) is 49.4 Å². The van der Waals surface area contributed by atoms with E-state index >= 15 is 0 Å². The van der Waals surface area contributed by atoms with Crippen molar-refractivity contribution in [1.29, 1.82) is 0 Å². The molecule has 1 saturated carbocycles. The Morgan fingerprint density at radius 3 is 2.69 bits per heavy atom. The van der Waals surface area contributed by atoms with E-state index in [9.17, 15) is 9.59 Å². The van der Waals surface area contributed by atoms with Crippen LogP contribution < -0.4 is 5.32 Å². The van der Waals surface area contributed by atoms with Crippen LogP contribution in [0.25, 0.3) is 0 Å². The first-order valence-corrected chi connectivity index (χ1v) is 9.35. The second kappa shape index (κ2) is 6.94. The molecule has 26 heavy (non-hydrogen) atoms. The average Bonchev–Trinajstić information content (AvgIpc) is 3.50. The maximum atomic E-state index is 13.1. The van der Waals surface area contributed by atoms with Crippen molar-refractivity contribution in [2.45, 2.75) is 38.8 Å². The van der Waals surface area contributed by atoms with Crippen molar-refractivity contribution in [3.63, 3.8) is 0 Å². The van der Waals surface area contributed by atoms with E-state index in [1.165, 1.54) is 11.1 Å². The van der Waals surface area contributed by atoms with Gasteiger partial charge in [0.15, 0.2) is 0 Å². The minimum Gasteiger partial charge on any atom is -0.350 e. The molecule has 0 spiro atoms. The fourth-order valence-electron chi connectivity index (χ4n) is 3.76. The number of nitrogens with one attached hydrogen (secondary N) is 1. The Labute approximate surface area is 154 Å². The van der Waals surface area contributed by atoms with Gasteiger partial charge in [-0.3, -0.25) is 9.59 Å². The summed E-state index contributed by atoms with van der Waals surface area (Å²) in [6.45, 7) is 3.14. The number of amides is 2. The van der Waals surface area contributed by atoms with Crippen LogP contribution in [0.5, 0.6) is 0 Å². The summed E-state index contributed by atoms with van der Waals surface area (Å²) in [4.78, 5) is 27.6. The average molecular weight is 348 g/mol. The molecule has 1 heterocycles. The lowest BCUT2D eigenvalue weighted by Gasteiger charge is -2.36. The number of fused-ring (bicyclic) bond motifs is 1. The summed E-state index contributed by atoms with van der Waals surface area (Å²) in [6, 6.07) is 15.6. The quantitative estimate of drug-likeness (QED) is 0.923. The summed E-state index contributed by atoms with van der Waals surface area (Å²) >= 11 is 0. The first-order chi connectivity index (χ1) is 12.6. The lowest BCUT2D eigenvalue weighted by Crippen LogP contribution is -2.47. The Balaban J connectivity index is 1.57. The minimum atomic E-state index is -0.516. The van der Waals surface area contributed by atoms with Gasteiger partial charge in [0.1, 0.15) is 6.04 Å². The molecule has 0 bridgehead atoms. The smallest absolute Gasteiger partial charge is 0.247 e. The van der Waals surface area contributed by atoms with Crippen LogP contribution in [0.4, 0.5) is 0 Å². The molecule has 1 N–H and O–H groups in total. The Morgan fingerprint density at radius 1 is 1.12 bits per heavy atom. The molecule has 0 aromatic heterocycles. The Morgan fingerprint density at radius 2 is 1.92 bits per heavy atom. The first kappa shape index (κ1) is 16.8. The number of hydrogen-bond donors (Lipinski definition) is 1. The molecule has 4 heteroatoms. The van der Waals surface area contributed by atoms with E-state index in [0.29, 0.717) is 13.1 Å². The molecule has 4 nitrogen and oxygen atoms in total. The summed E-state index contributed by atoms with van der Waals surface area (Å²) in [6.07, 6.45) is 2.72. The molecule has 0 saturated heterocycles. The van der Waals surface area contributed by atoms with Crippen LogP contribution >= 0.6 is 0 Å². The third kappa shape index (κ3) is 3.36. The van der Waals surface area contributed by atoms with Crippen LogP contribution in [0.2, 0.25) is 0 Å². The van der Waals surface area contributed by atoms with Gasteiger partial charge in [-0.15, -0.1) is 0 Å². The van der Waals surface area contributed by atoms with Gasteiger partial charge in [-0.05, 0) is 42.9 Å². The third-order valence-electron chi connectivity index (χ3n) is 5.29. The summed E-state index contributed by atoms with van der Waals surface area (Å²) < 4.78 is 0. The predicted octanol–water partition coefficient (Wildman–Crippen LogP) is 3.15. The number of rotatable bonds is 4. The van der Waals surface area contributed by atoms with E-state index in [1.54, 1.807) is 4.90 Å². The van der Waals surface area contributed by atoms with E-state index in [1.807, 2.05) is 43.3 Å². The molecule has 1 fully saturated rings. The van der Waals surface area contributed by atoms with Crippen molar-refractivity contribution in [3.8, 4) is 0 Å². The van der Waals surface area contributed by atoms with Crippen LogP contribution in [0.15, 0.2) is 48.5 Å². The molecule has 134 valence electrons. The van der Waals surface area contributed by atoms with Crippen molar-refractivity contribution in [3.05, 3.63) is 70.8 Å². The highest BCUT2D eigenvalue weighted by Gasteiger charge is 2.41. The summed E-state index contributed by atoms with van der Waals surface area (Å²) in [7, 11) is 0. The van der Waals surface area contributed by atoms with Crippen LogP contribution in [-0.2, 0) is 22.6 Å². The van der Waals surface area contributed by atoms with Gasteiger partial charge in [-0.25, -0.2) is 0 Å². The monoisotopic (exact) mass is 348 g/mol. The molecule has 2 aromatic carbocycles. The van der Waals surface area contributed by atoms with Crippen LogP contribution in [0.1, 0.15) is 41.1 Å². The van der Waals surface area contributed by atoms with Crippen LogP contribution in [0, 0.1) is 12.8 Å². The van der Waals surface area contributed by atoms with Crippen molar-refractivity contribution in [1.82, 2.24) is 10.2 Å². The van der Waals surface area contributed by atoms with E-state index in [0.717, 1.165) is 30.4 Å². The largest absolute Gasteiger partial charge is 0.350 e. The Hall–Kier alpha value is -2.62. The molecule has 1 unspecified atom stereocenters. The summed E-state index contributed by atoms with van der Waals surface area (Å²) in [5.41, 5.74) is 4.38. The predicted molar refractivity (Wildman–Crippen MR) is 100 cm³/mol. The SMILES string of the molecule is Cc1cccc(CNC(=O)C2c3ccccc3CCN2C(=O)C2CC2)c1. The van der Waals surface area contributed by atoms with E-state index in [2.05, 4.69) is 17.4 Å². The zero-order valence-corrected chi connectivity index (χ0v) is 15.1. The first-order valence-electron chi connectivity index (χ1n) is 9.35. The van der Waals surface area contributed by atoms with Crippen molar-refractivity contribution >= 4 is 11.8 Å². The highest BCUT2D eigenvalue weighted by molar-refractivity contribution is 5.91. The van der Waals surface area contributed by atoms with Gasteiger partial charge < -0.3 is 10.2 Å². The fourth-order valence-corrected chi connectivity index (χ4v) is 3.76. The van der Waals surface area contributed by atoms with Crippen molar-refractivity contribution in [2.24, 2.45) is 5.92 Å². The van der Waals surface area contributed by atoms with Gasteiger partial charge in [0, 0.05) is 19.0 Å². The minimum absolute atomic E-state index is 0.0901. The van der Waals surface area contributed by atoms with Gasteiger partial charge in [-0.1, -0.05) is 54.1 Å². The lowest BCUT2D eigenvalue weighted by molar-refractivity contribution is -0.142. The zero-order valence-electron chi connectivity index (χ0n) is 15.1. The standard InChI is InChI=1S/C22H24N2O2/c1-15-5-4-6-16(13-15)14-23-21(25)20-19-8-3-2-7-17(19)11-12-24(20)22(26)18-9-10-18/h2-8,13,18,20H,9-12,14H2,1H3,(H,23,25). The second-order valence-corrected chi connectivity index (χ2v) is 7.36. The van der Waals surface area contributed by atoms with Gasteiger partial charge in [0.25, 0.3) is 0 Å².